The fourth-order valence-electron chi connectivity index (χ4n) is 4.62. The van der Waals surface area contributed by atoms with Crippen molar-refractivity contribution in [2.75, 3.05) is 17.1 Å². The second-order valence-electron chi connectivity index (χ2n) is 9.84. The monoisotopic (exact) mass is 527 g/mol. The number of aryl methyl sites for hydroxylation is 1. The van der Waals surface area contributed by atoms with Crippen LogP contribution in [0.15, 0.2) is 48.5 Å². The molecule has 1 N–H and O–H groups in total. The fraction of sp³-hybridized carbons (Fsp3) is 0.464. The van der Waals surface area contributed by atoms with E-state index in [-0.39, 0.29) is 30.0 Å². The maximum atomic E-state index is 13.7. The summed E-state index contributed by atoms with van der Waals surface area (Å²) in [4.78, 5) is 40.3. The lowest BCUT2D eigenvalue weighted by Crippen LogP contribution is -2.53. The van der Waals surface area contributed by atoms with Crippen LogP contribution in [0, 0.1) is 6.92 Å². The maximum absolute atomic E-state index is 13.7. The van der Waals surface area contributed by atoms with Gasteiger partial charge >= 0.3 is 0 Å². The molecule has 0 heterocycles. The largest absolute Gasteiger partial charge is 0.352 e. The molecule has 1 aliphatic carbocycles. The van der Waals surface area contributed by atoms with Gasteiger partial charge < -0.3 is 10.2 Å². The fourth-order valence-corrected chi connectivity index (χ4v) is 5.46. The van der Waals surface area contributed by atoms with Crippen LogP contribution in [-0.2, 0) is 26.2 Å². The van der Waals surface area contributed by atoms with Crippen LogP contribution in [0.3, 0.4) is 0 Å². The van der Waals surface area contributed by atoms with Gasteiger partial charge in [0.1, 0.15) is 12.6 Å². The number of sulfonamides is 1. The van der Waals surface area contributed by atoms with Crippen LogP contribution in [-0.4, -0.2) is 55.8 Å². The molecule has 1 saturated carbocycles. The normalized spacial score (nSPS) is 15.0. The Morgan fingerprint density at radius 3 is 2.32 bits per heavy atom. The lowest BCUT2D eigenvalue weighted by atomic mass is 9.95. The molecular weight excluding hydrogens is 490 g/mol. The van der Waals surface area contributed by atoms with Gasteiger partial charge in [0.05, 0.1) is 11.9 Å². The van der Waals surface area contributed by atoms with Crippen molar-refractivity contribution in [1.29, 1.82) is 0 Å². The van der Waals surface area contributed by atoms with E-state index >= 15 is 0 Å². The van der Waals surface area contributed by atoms with Crippen LogP contribution in [0.1, 0.15) is 67.4 Å². The molecule has 1 atom stereocenters. The highest BCUT2D eigenvalue weighted by Gasteiger charge is 2.31. The van der Waals surface area contributed by atoms with Crippen molar-refractivity contribution < 1.29 is 22.8 Å². The molecule has 0 aliphatic heterocycles. The minimum absolute atomic E-state index is 0.0842. The van der Waals surface area contributed by atoms with E-state index < -0.39 is 28.5 Å². The number of hydrogen-bond acceptors (Lipinski definition) is 5. The van der Waals surface area contributed by atoms with E-state index in [4.69, 9.17) is 0 Å². The Morgan fingerprint density at radius 2 is 1.70 bits per heavy atom. The van der Waals surface area contributed by atoms with Gasteiger partial charge in [-0.15, -0.1) is 0 Å². The third kappa shape index (κ3) is 7.64. The summed E-state index contributed by atoms with van der Waals surface area (Å²) in [6.45, 7) is 4.67. The van der Waals surface area contributed by atoms with Gasteiger partial charge in [0.15, 0.2) is 5.78 Å². The zero-order valence-electron chi connectivity index (χ0n) is 22.1. The quantitative estimate of drug-likeness (QED) is 0.473. The van der Waals surface area contributed by atoms with Crippen molar-refractivity contribution >= 4 is 33.3 Å². The number of carbonyl (C=O) groups is 3. The molecule has 2 aromatic carbocycles. The van der Waals surface area contributed by atoms with Crippen molar-refractivity contribution in [2.24, 2.45) is 0 Å². The Labute approximate surface area is 220 Å². The van der Waals surface area contributed by atoms with Gasteiger partial charge in [-0.25, -0.2) is 8.42 Å². The molecule has 0 bridgehead atoms. The average molecular weight is 528 g/mol. The molecule has 2 aromatic rings. The summed E-state index contributed by atoms with van der Waals surface area (Å²) in [6, 6.07) is 13.1. The Balaban J connectivity index is 1.91. The van der Waals surface area contributed by atoms with E-state index in [0.717, 1.165) is 53.8 Å². The second-order valence-corrected chi connectivity index (χ2v) is 11.8. The smallest absolute Gasteiger partial charge is 0.244 e. The van der Waals surface area contributed by atoms with E-state index in [2.05, 4.69) is 5.32 Å². The highest BCUT2D eigenvalue weighted by atomic mass is 32.2. The predicted octanol–water partition coefficient (Wildman–Crippen LogP) is 3.83. The highest BCUT2D eigenvalue weighted by molar-refractivity contribution is 7.92. The third-order valence-electron chi connectivity index (χ3n) is 6.94. The number of ketones is 1. The van der Waals surface area contributed by atoms with Gasteiger partial charge in [0, 0.05) is 18.2 Å². The number of anilines is 1. The number of amides is 2. The molecule has 0 spiro atoms. The number of nitrogens with one attached hydrogen (secondary N) is 1. The van der Waals surface area contributed by atoms with Gasteiger partial charge in [-0.2, -0.15) is 0 Å². The minimum atomic E-state index is -3.86. The van der Waals surface area contributed by atoms with Crippen molar-refractivity contribution in [1.82, 2.24) is 10.2 Å². The first-order valence-electron chi connectivity index (χ1n) is 12.7. The number of nitrogens with zero attached hydrogens (tertiary/aromatic N) is 2. The van der Waals surface area contributed by atoms with E-state index in [9.17, 15) is 22.8 Å². The van der Waals surface area contributed by atoms with Gasteiger partial charge in [0.25, 0.3) is 0 Å². The van der Waals surface area contributed by atoms with Crippen LogP contribution >= 0.6 is 0 Å². The summed E-state index contributed by atoms with van der Waals surface area (Å²) in [7, 11) is -3.86. The SMILES string of the molecule is CC(=O)c1cccc(N(CC(=O)N(Cc2ccccc2C)C(C)C(=O)NC2CCCCC2)S(C)(=O)=O)c1. The molecule has 9 heteroatoms. The van der Waals surface area contributed by atoms with Gasteiger partial charge in [-0.1, -0.05) is 55.7 Å². The average Bonchev–Trinajstić information content (AvgIpc) is 2.86. The predicted molar refractivity (Wildman–Crippen MR) is 145 cm³/mol. The van der Waals surface area contributed by atoms with Gasteiger partial charge in [-0.3, -0.25) is 18.7 Å². The number of Topliss-reactive ketones (excluding diaryl/α,β-unsaturated/α-hetero) is 1. The van der Waals surface area contributed by atoms with Crippen LogP contribution < -0.4 is 9.62 Å². The van der Waals surface area contributed by atoms with Crippen LogP contribution in [0.4, 0.5) is 5.69 Å². The summed E-state index contributed by atoms with van der Waals surface area (Å²) in [5.74, 6) is -0.970. The minimum Gasteiger partial charge on any atom is -0.352 e. The highest BCUT2D eigenvalue weighted by Crippen LogP contribution is 2.22. The van der Waals surface area contributed by atoms with Crippen molar-refractivity contribution in [3.63, 3.8) is 0 Å². The number of hydrogen-bond donors (Lipinski definition) is 1. The molecule has 1 aliphatic rings. The van der Waals surface area contributed by atoms with E-state index in [1.807, 2.05) is 31.2 Å². The lowest BCUT2D eigenvalue weighted by Gasteiger charge is -2.33. The molecule has 0 radical (unpaired) electrons. The summed E-state index contributed by atoms with van der Waals surface area (Å²) in [5.41, 5.74) is 2.40. The molecule has 8 nitrogen and oxygen atoms in total. The Morgan fingerprint density at radius 1 is 1.03 bits per heavy atom. The molecule has 1 fully saturated rings. The van der Waals surface area contributed by atoms with Crippen LogP contribution in [0.2, 0.25) is 0 Å². The summed E-state index contributed by atoms with van der Waals surface area (Å²) < 4.78 is 26.5. The summed E-state index contributed by atoms with van der Waals surface area (Å²) in [5, 5.41) is 3.09. The Hall–Kier alpha value is -3.20. The van der Waals surface area contributed by atoms with Crippen molar-refractivity contribution in [3.05, 3.63) is 65.2 Å². The van der Waals surface area contributed by atoms with E-state index in [1.54, 1.807) is 25.1 Å². The third-order valence-corrected chi connectivity index (χ3v) is 8.08. The Bertz CT molecular complexity index is 1240. The second kappa shape index (κ2) is 12.4. The molecular formula is C28H37N3O5S. The topological polar surface area (TPSA) is 104 Å². The number of benzene rings is 2. The molecule has 0 saturated heterocycles. The van der Waals surface area contributed by atoms with E-state index in [1.165, 1.54) is 17.9 Å². The lowest BCUT2D eigenvalue weighted by molar-refractivity contribution is -0.139. The zero-order chi connectivity index (χ0) is 27.2. The first-order chi connectivity index (χ1) is 17.5. The zero-order valence-corrected chi connectivity index (χ0v) is 22.9. The van der Waals surface area contributed by atoms with Crippen molar-refractivity contribution in [3.8, 4) is 0 Å². The van der Waals surface area contributed by atoms with Crippen LogP contribution in [0.5, 0.6) is 0 Å². The Kier molecular flexibility index (Phi) is 9.48. The van der Waals surface area contributed by atoms with Gasteiger partial charge in [-0.05, 0) is 56.9 Å². The molecule has 37 heavy (non-hydrogen) atoms. The first kappa shape index (κ1) is 28.4. The first-order valence-corrected chi connectivity index (χ1v) is 14.5. The number of rotatable bonds is 10. The molecule has 200 valence electrons. The molecule has 1 unspecified atom stereocenters. The standard InChI is InChI=1S/C28H37N3O5S/c1-20-11-8-9-12-24(20)18-30(21(2)28(34)29-25-14-6-5-7-15-25)27(33)19-31(37(4,35)36)26-16-10-13-23(17-26)22(3)32/h8-13,16-17,21,25H,5-7,14-15,18-19H2,1-4H3,(H,29,34). The molecule has 2 amide bonds. The van der Waals surface area contributed by atoms with E-state index in [0.29, 0.717) is 5.56 Å². The molecule has 0 aromatic heterocycles. The maximum Gasteiger partial charge on any atom is 0.244 e. The molecule has 3 rings (SSSR count). The van der Waals surface area contributed by atoms with Gasteiger partial charge in [0.2, 0.25) is 21.8 Å². The number of carbonyl (C=O) groups excluding carboxylic acids is 3. The van der Waals surface area contributed by atoms with Crippen molar-refractivity contribution in [2.45, 2.75) is 71.5 Å². The summed E-state index contributed by atoms with van der Waals surface area (Å²) >= 11 is 0. The summed E-state index contributed by atoms with van der Waals surface area (Å²) in [6.07, 6.45) is 6.14. The van der Waals surface area contributed by atoms with Crippen LogP contribution in [0.25, 0.3) is 0 Å².